The number of hydrogen-bond donors (Lipinski definition) is 1. The summed E-state index contributed by atoms with van der Waals surface area (Å²) in [5.41, 5.74) is 7.51. The van der Waals surface area contributed by atoms with Crippen molar-refractivity contribution in [2.24, 2.45) is 5.73 Å². The highest BCUT2D eigenvalue weighted by atomic mass is 32.2. The maximum atomic E-state index is 6.27. The number of nitrogens with zero attached hydrogens (tertiary/aromatic N) is 1. The van der Waals surface area contributed by atoms with Gasteiger partial charge in [0.25, 0.3) is 0 Å². The predicted octanol–water partition coefficient (Wildman–Crippen LogP) is 2.51. The van der Waals surface area contributed by atoms with Gasteiger partial charge in [0.1, 0.15) is 0 Å². The molecular formula is C14H22N2S. The highest BCUT2D eigenvalue weighted by Crippen LogP contribution is 2.25. The van der Waals surface area contributed by atoms with Crippen LogP contribution in [0, 0.1) is 0 Å². The molecule has 1 saturated heterocycles. The van der Waals surface area contributed by atoms with E-state index in [4.69, 9.17) is 5.73 Å². The van der Waals surface area contributed by atoms with Crippen LogP contribution in [0.25, 0.3) is 0 Å². The Hall–Kier alpha value is -0.510. The predicted molar refractivity (Wildman–Crippen MR) is 76.3 cm³/mol. The maximum absolute atomic E-state index is 6.27. The summed E-state index contributed by atoms with van der Waals surface area (Å²) >= 11 is 2.09. The topological polar surface area (TPSA) is 29.3 Å². The van der Waals surface area contributed by atoms with E-state index in [2.05, 4.69) is 54.8 Å². The van der Waals surface area contributed by atoms with Gasteiger partial charge in [-0.25, -0.2) is 0 Å². The van der Waals surface area contributed by atoms with E-state index in [1.54, 1.807) is 0 Å². The molecule has 1 heterocycles. The van der Waals surface area contributed by atoms with Gasteiger partial charge in [-0.05, 0) is 5.56 Å². The number of rotatable bonds is 3. The minimum absolute atomic E-state index is 0.138. The molecule has 0 saturated carbocycles. The average Bonchev–Trinajstić information content (AvgIpc) is 2.28. The van der Waals surface area contributed by atoms with Crippen molar-refractivity contribution in [3.05, 3.63) is 35.9 Å². The van der Waals surface area contributed by atoms with Crippen LogP contribution in [0.2, 0.25) is 0 Å². The fourth-order valence-corrected chi connectivity index (χ4v) is 3.90. The molecule has 0 aromatic heterocycles. The lowest BCUT2D eigenvalue weighted by molar-refractivity contribution is 0.255. The van der Waals surface area contributed by atoms with Gasteiger partial charge in [0.2, 0.25) is 0 Å². The summed E-state index contributed by atoms with van der Waals surface area (Å²) in [5.74, 6) is 0. The van der Waals surface area contributed by atoms with Crippen molar-refractivity contribution in [2.75, 3.05) is 19.6 Å². The lowest BCUT2D eigenvalue weighted by atomic mass is 10.1. The van der Waals surface area contributed by atoms with E-state index in [0.29, 0.717) is 0 Å². The van der Waals surface area contributed by atoms with Crippen molar-refractivity contribution < 1.29 is 0 Å². The Labute approximate surface area is 109 Å². The van der Waals surface area contributed by atoms with E-state index >= 15 is 0 Å². The van der Waals surface area contributed by atoms with Crippen molar-refractivity contribution in [3.63, 3.8) is 0 Å². The van der Waals surface area contributed by atoms with Gasteiger partial charge < -0.3 is 5.73 Å². The van der Waals surface area contributed by atoms with Gasteiger partial charge in [0.15, 0.2) is 0 Å². The molecule has 2 N–H and O–H groups in total. The normalized spacial score (nSPS) is 27.9. The van der Waals surface area contributed by atoms with Crippen LogP contribution in [0.3, 0.4) is 0 Å². The van der Waals surface area contributed by atoms with Gasteiger partial charge in [-0.1, -0.05) is 44.2 Å². The second kappa shape index (κ2) is 5.89. The molecule has 1 aromatic rings. The quantitative estimate of drug-likeness (QED) is 0.894. The molecule has 1 fully saturated rings. The molecule has 2 nitrogen and oxygen atoms in total. The van der Waals surface area contributed by atoms with E-state index in [0.717, 1.165) is 30.1 Å². The minimum atomic E-state index is 0.138. The molecule has 0 spiro atoms. The fourth-order valence-electron chi connectivity index (χ4n) is 2.52. The number of thioether (sulfide) groups is 1. The summed E-state index contributed by atoms with van der Waals surface area (Å²) in [6, 6.07) is 10.5. The molecular weight excluding hydrogens is 228 g/mol. The molecule has 3 atom stereocenters. The molecule has 0 bridgehead atoms. The zero-order chi connectivity index (χ0) is 12.3. The van der Waals surface area contributed by atoms with Crippen molar-refractivity contribution in [1.82, 2.24) is 4.90 Å². The largest absolute Gasteiger partial charge is 0.323 e. The number of nitrogens with two attached hydrogens (primary N) is 1. The Morgan fingerprint density at radius 3 is 2.41 bits per heavy atom. The van der Waals surface area contributed by atoms with Gasteiger partial charge >= 0.3 is 0 Å². The van der Waals surface area contributed by atoms with Crippen molar-refractivity contribution in [3.8, 4) is 0 Å². The van der Waals surface area contributed by atoms with Crippen LogP contribution < -0.4 is 5.73 Å². The molecule has 1 aromatic carbocycles. The molecule has 94 valence electrons. The summed E-state index contributed by atoms with van der Waals surface area (Å²) < 4.78 is 0. The maximum Gasteiger partial charge on any atom is 0.0424 e. The third-order valence-corrected chi connectivity index (χ3v) is 4.41. The zero-order valence-electron chi connectivity index (χ0n) is 10.7. The molecule has 0 amide bonds. The van der Waals surface area contributed by atoms with Crippen molar-refractivity contribution in [2.45, 2.75) is 30.4 Å². The lowest BCUT2D eigenvalue weighted by Crippen LogP contribution is -2.43. The summed E-state index contributed by atoms with van der Waals surface area (Å²) in [5, 5.41) is 1.45. The first-order chi connectivity index (χ1) is 8.15. The Bertz CT molecular complexity index is 331. The lowest BCUT2D eigenvalue weighted by Gasteiger charge is -2.36. The minimum Gasteiger partial charge on any atom is -0.323 e. The Kier molecular flexibility index (Phi) is 4.48. The summed E-state index contributed by atoms with van der Waals surface area (Å²) in [7, 11) is 0. The third-order valence-electron chi connectivity index (χ3n) is 3.18. The molecule has 0 radical (unpaired) electrons. The monoisotopic (exact) mass is 250 g/mol. The van der Waals surface area contributed by atoms with E-state index < -0.39 is 0 Å². The highest BCUT2D eigenvalue weighted by molar-refractivity contribution is 8.00. The second-order valence-electron chi connectivity index (χ2n) is 4.99. The van der Waals surface area contributed by atoms with Gasteiger partial charge in [-0.3, -0.25) is 4.90 Å². The van der Waals surface area contributed by atoms with Gasteiger partial charge in [0.05, 0.1) is 0 Å². The third kappa shape index (κ3) is 3.73. The Morgan fingerprint density at radius 1 is 1.24 bits per heavy atom. The first kappa shape index (κ1) is 12.9. The van der Waals surface area contributed by atoms with E-state index in [-0.39, 0.29) is 6.04 Å². The molecule has 1 aliphatic rings. The van der Waals surface area contributed by atoms with Crippen LogP contribution in [0.4, 0.5) is 0 Å². The molecule has 3 heteroatoms. The summed E-state index contributed by atoms with van der Waals surface area (Å²) in [4.78, 5) is 2.50. The fraction of sp³-hybridized carbons (Fsp3) is 0.571. The van der Waals surface area contributed by atoms with Crippen LogP contribution in [0.15, 0.2) is 30.3 Å². The summed E-state index contributed by atoms with van der Waals surface area (Å²) in [6.45, 7) is 7.91. The van der Waals surface area contributed by atoms with Gasteiger partial charge in [0, 0.05) is 36.2 Å². The molecule has 17 heavy (non-hydrogen) atoms. The molecule has 2 rings (SSSR count). The number of benzene rings is 1. The first-order valence-corrected chi connectivity index (χ1v) is 7.28. The summed E-state index contributed by atoms with van der Waals surface area (Å²) in [6.07, 6.45) is 0. The molecule has 0 aliphatic carbocycles. The van der Waals surface area contributed by atoms with Crippen molar-refractivity contribution >= 4 is 11.8 Å². The van der Waals surface area contributed by atoms with Crippen LogP contribution in [-0.2, 0) is 0 Å². The zero-order valence-corrected chi connectivity index (χ0v) is 11.5. The van der Waals surface area contributed by atoms with Crippen LogP contribution in [0.5, 0.6) is 0 Å². The van der Waals surface area contributed by atoms with E-state index in [9.17, 15) is 0 Å². The Morgan fingerprint density at radius 2 is 1.82 bits per heavy atom. The van der Waals surface area contributed by atoms with Crippen LogP contribution >= 0.6 is 11.8 Å². The van der Waals surface area contributed by atoms with Crippen LogP contribution in [-0.4, -0.2) is 35.0 Å². The first-order valence-electron chi connectivity index (χ1n) is 6.33. The highest BCUT2D eigenvalue weighted by Gasteiger charge is 2.23. The molecule has 3 unspecified atom stereocenters. The van der Waals surface area contributed by atoms with Crippen molar-refractivity contribution in [1.29, 1.82) is 0 Å². The Balaban J connectivity index is 1.92. The van der Waals surface area contributed by atoms with E-state index in [1.165, 1.54) is 5.56 Å². The van der Waals surface area contributed by atoms with Gasteiger partial charge in [-0.15, -0.1) is 0 Å². The van der Waals surface area contributed by atoms with Gasteiger partial charge in [-0.2, -0.15) is 11.8 Å². The second-order valence-corrected chi connectivity index (χ2v) is 6.87. The van der Waals surface area contributed by atoms with Crippen LogP contribution in [0.1, 0.15) is 25.5 Å². The molecule has 1 aliphatic heterocycles. The van der Waals surface area contributed by atoms with E-state index in [1.807, 2.05) is 6.07 Å². The average molecular weight is 250 g/mol. The SMILES string of the molecule is CC1CN(CC(N)c2ccccc2)CC(C)S1. The standard InChI is InChI=1S/C14H22N2S/c1-11-8-16(9-12(2)17-11)10-14(15)13-6-4-3-5-7-13/h3-7,11-12,14H,8-10,15H2,1-2H3. The smallest absolute Gasteiger partial charge is 0.0424 e. The number of hydrogen-bond acceptors (Lipinski definition) is 3.